The summed E-state index contributed by atoms with van der Waals surface area (Å²) < 4.78 is 5.82. The zero-order chi connectivity index (χ0) is 14.9. The lowest BCUT2D eigenvalue weighted by atomic mass is 10.1. The molecule has 0 atom stereocenters. The highest BCUT2D eigenvalue weighted by molar-refractivity contribution is 6.30. The summed E-state index contributed by atoms with van der Waals surface area (Å²) in [6, 6.07) is 16.1. The molecule has 0 heterocycles. The van der Waals surface area contributed by atoms with E-state index in [1.54, 1.807) is 0 Å². The van der Waals surface area contributed by atoms with E-state index in [0.717, 1.165) is 48.9 Å². The van der Waals surface area contributed by atoms with Gasteiger partial charge in [0.05, 0.1) is 12.3 Å². The van der Waals surface area contributed by atoms with Gasteiger partial charge in [0.2, 0.25) is 0 Å². The molecule has 0 unspecified atom stereocenters. The van der Waals surface area contributed by atoms with Crippen LogP contribution in [0, 0.1) is 0 Å². The molecule has 2 aromatic rings. The number of nitrogens with one attached hydrogen (secondary N) is 1. The number of anilines is 1. The molecule has 0 saturated carbocycles. The number of hydrogen-bond donors (Lipinski definition) is 1. The van der Waals surface area contributed by atoms with Gasteiger partial charge in [-0.1, -0.05) is 49.2 Å². The summed E-state index contributed by atoms with van der Waals surface area (Å²) in [4.78, 5) is 0. The Kier molecular flexibility index (Phi) is 6.42. The third-order valence-electron chi connectivity index (χ3n) is 3.28. The summed E-state index contributed by atoms with van der Waals surface area (Å²) in [7, 11) is 0. The molecule has 0 radical (unpaired) electrons. The van der Waals surface area contributed by atoms with Gasteiger partial charge in [0.1, 0.15) is 5.75 Å². The molecule has 2 nitrogen and oxygen atoms in total. The number of rotatable bonds is 8. The lowest BCUT2D eigenvalue weighted by Gasteiger charge is -2.13. The second-order valence-electron chi connectivity index (χ2n) is 5.00. The minimum Gasteiger partial charge on any atom is -0.491 e. The van der Waals surface area contributed by atoms with Gasteiger partial charge in [0, 0.05) is 11.6 Å². The van der Waals surface area contributed by atoms with Crippen molar-refractivity contribution in [2.24, 2.45) is 0 Å². The number of para-hydroxylation sites is 2. The fourth-order valence-electron chi connectivity index (χ4n) is 2.06. The van der Waals surface area contributed by atoms with Crippen molar-refractivity contribution in [1.82, 2.24) is 0 Å². The Balaban J connectivity index is 1.86. The van der Waals surface area contributed by atoms with Gasteiger partial charge in [0.15, 0.2) is 0 Å². The largest absolute Gasteiger partial charge is 0.491 e. The number of halogens is 1. The first-order valence-electron chi connectivity index (χ1n) is 7.49. The molecule has 0 bridgehead atoms. The minimum atomic E-state index is 0.770. The van der Waals surface area contributed by atoms with Crippen LogP contribution >= 0.6 is 11.6 Å². The predicted octanol–water partition coefficient (Wildman–Crippen LogP) is 5.17. The van der Waals surface area contributed by atoms with Crippen LogP contribution in [0.3, 0.4) is 0 Å². The van der Waals surface area contributed by atoms with Gasteiger partial charge in [-0.3, -0.25) is 0 Å². The van der Waals surface area contributed by atoms with E-state index in [0.29, 0.717) is 0 Å². The Hall–Kier alpha value is -1.67. The van der Waals surface area contributed by atoms with Crippen molar-refractivity contribution in [2.45, 2.75) is 26.2 Å². The van der Waals surface area contributed by atoms with Crippen molar-refractivity contribution < 1.29 is 4.74 Å². The maximum Gasteiger partial charge on any atom is 0.142 e. The molecule has 0 aromatic heterocycles. The number of hydrogen-bond acceptors (Lipinski definition) is 2. The summed E-state index contributed by atoms with van der Waals surface area (Å²) in [6.07, 6.45) is 3.19. The van der Waals surface area contributed by atoms with Crippen molar-refractivity contribution in [2.75, 3.05) is 18.5 Å². The van der Waals surface area contributed by atoms with E-state index in [4.69, 9.17) is 16.3 Å². The van der Waals surface area contributed by atoms with E-state index in [1.165, 1.54) is 5.56 Å². The third-order valence-corrected chi connectivity index (χ3v) is 3.54. The van der Waals surface area contributed by atoms with Gasteiger partial charge in [-0.15, -0.1) is 0 Å². The van der Waals surface area contributed by atoms with Crippen molar-refractivity contribution in [3.63, 3.8) is 0 Å². The fourth-order valence-corrected chi connectivity index (χ4v) is 2.18. The highest BCUT2D eigenvalue weighted by atomic mass is 35.5. The third kappa shape index (κ3) is 5.31. The minimum absolute atomic E-state index is 0.770. The number of benzene rings is 2. The molecule has 3 heteroatoms. The SMILES string of the molecule is CCCCOc1ccccc1NCCc1ccc(Cl)cc1. The molecule has 112 valence electrons. The molecule has 0 fully saturated rings. The monoisotopic (exact) mass is 303 g/mol. The summed E-state index contributed by atoms with van der Waals surface area (Å²) in [5.41, 5.74) is 2.33. The van der Waals surface area contributed by atoms with Crippen LogP contribution in [0.5, 0.6) is 5.75 Å². The van der Waals surface area contributed by atoms with Crippen LogP contribution in [0.15, 0.2) is 48.5 Å². The van der Waals surface area contributed by atoms with Crippen LogP contribution in [0.1, 0.15) is 25.3 Å². The topological polar surface area (TPSA) is 21.3 Å². The predicted molar refractivity (Wildman–Crippen MR) is 90.5 cm³/mol. The zero-order valence-electron chi connectivity index (χ0n) is 12.4. The van der Waals surface area contributed by atoms with Gasteiger partial charge >= 0.3 is 0 Å². The van der Waals surface area contributed by atoms with Crippen molar-refractivity contribution in [3.05, 3.63) is 59.1 Å². The first-order valence-corrected chi connectivity index (χ1v) is 7.87. The fraction of sp³-hybridized carbons (Fsp3) is 0.333. The van der Waals surface area contributed by atoms with E-state index >= 15 is 0 Å². The molecule has 0 aliphatic rings. The smallest absolute Gasteiger partial charge is 0.142 e. The highest BCUT2D eigenvalue weighted by Crippen LogP contribution is 2.24. The van der Waals surface area contributed by atoms with Crippen molar-refractivity contribution in [3.8, 4) is 5.75 Å². The quantitative estimate of drug-likeness (QED) is 0.679. The van der Waals surface area contributed by atoms with Crippen LogP contribution in [0.4, 0.5) is 5.69 Å². The van der Waals surface area contributed by atoms with Crippen LogP contribution < -0.4 is 10.1 Å². The molecule has 21 heavy (non-hydrogen) atoms. The second-order valence-corrected chi connectivity index (χ2v) is 5.44. The maximum atomic E-state index is 5.89. The lowest BCUT2D eigenvalue weighted by molar-refractivity contribution is 0.310. The Bertz CT molecular complexity index is 539. The lowest BCUT2D eigenvalue weighted by Crippen LogP contribution is -2.07. The van der Waals surface area contributed by atoms with E-state index in [-0.39, 0.29) is 0 Å². The summed E-state index contributed by atoms with van der Waals surface area (Å²) in [5, 5.41) is 4.22. The van der Waals surface area contributed by atoms with E-state index in [9.17, 15) is 0 Å². The molecule has 0 spiro atoms. The second kappa shape index (κ2) is 8.58. The van der Waals surface area contributed by atoms with Gasteiger partial charge in [-0.05, 0) is 42.7 Å². The van der Waals surface area contributed by atoms with Gasteiger partial charge in [-0.25, -0.2) is 0 Å². The van der Waals surface area contributed by atoms with Crippen LogP contribution in [0.2, 0.25) is 5.02 Å². The summed E-state index contributed by atoms with van der Waals surface area (Å²) in [5.74, 6) is 0.932. The van der Waals surface area contributed by atoms with Crippen LogP contribution in [-0.2, 0) is 6.42 Å². The first-order chi connectivity index (χ1) is 10.3. The molecule has 0 aliphatic carbocycles. The molecule has 0 aliphatic heterocycles. The van der Waals surface area contributed by atoms with E-state index in [2.05, 4.69) is 30.4 Å². The highest BCUT2D eigenvalue weighted by Gasteiger charge is 2.02. The Morgan fingerprint density at radius 2 is 1.81 bits per heavy atom. The zero-order valence-corrected chi connectivity index (χ0v) is 13.2. The maximum absolute atomic E-state index is 5.89. The van der Waals surface area contributed by atoms with Gasteiger partial charge in [-0.2, -0.15) is 0 Å². The number of unbranched alkanes of at least 4 members (excludes halogenated alkanes) is 1. The standard InChI is InChI=1S/C18H22ClNO/c1-2-3-14-21-18-7-5-4-6-17(18)20-13-12-15-8-10-16(19)11-9-15/h4-11,20H,2-3,12-14H2,1H3. The molecule has 2 aromatic carbocycles. The van der Waals surface area contributed by atoms with Crippen molar-refractivity contribution >= 4 is 17.3 Å². The molecule has 1 N–H and O–H groups in total. The Morgan fingerprint density at radius 1 is 1.05 bits per heavy atom. The number of ether oxygens (including phenoxy) is 1. The van der Waals surface area contributed by atoms with E-state index in [1.807, 2.05) is 30.3 Å². The van der Waals surface area contributed by atoms with Gasteiger partial charge in [0.25, 0.3) is 0 Å². The Morgan fingerprint density at radius 3 is 2.57 bits per heavy atom. The molecular formula is C18H22ClNO. The molecule has 0 amide bonds. The average molecular weight is 304 g/mol. The summed E-state index contributed by atoms with van der Waals surface area (Å²) >= 11 is 5.89. The summed E-state index contributed by atoms with van der Waals surface area (Å²) in [6.45, 7) is 3.81. The normalized spacial score (nSPS) is 10.4. The van der Waals surface area contributed by atoms with Crippen molar-refractivity contribution in [1.29, 1.82) is 0 Å². The first kappa shape index (κ1) is 15.7. The molecule has 0 saturated heterocycles. The molecular weight excluding hydrogens is 282 g/mol. The van der Waals surface area contributed by atoms with Crippen LogP contribution in [-0.4, -0.2) is 13.2 Å². The van der Waals surface area contributed by atoms with Gasteiger partial charge < -0.3 is 10.1 Å². The molecule has 2 rings (SSSR count). The average Bonchev–Trinajstić information content (AvgIpc) is 2.51. The van der Waals surface area contributed by atoms with Crippen LogP contribution in [0.25, 0.3) is 0 Å². The Labute approximate surface area is 132 Å². The van der Waals surface area contributed by atoms with E-state index < -0.39 is 0 Å².